The van der Waals surface area contributed by atoms with Crippen LogP contribution < -0.4 is 10.5 Å². The van der Waals surface area contributed by atoms with Gasteiger partial charge in [-0.2, -0.15) is 0 Å². The van der Waals surface area contributed by atoms with Gasteiger partial charge in [0.25, 0.3) is 0 Å². The molecule has 4 N–H and O–H groups in total. The summed E-state index contributed by atoms with van der Waals surface area (Å²) in [5.74, 6) is -0.383. The molecule has 0 aliphatic heterocycles. The number of unbranched alkanes of at least 4 members (excludes halogenated alkanes) is 1. The van der Waals surface area contributed by atoms with Crippen LogP contribution in [0.25, 0.3) is 0 Å². The third kappa shape index (κ3) is 4.80. The second-order valence-electron chi connectivity index (χ2n) is 3.83. The summed E-state index contributed by atoms with van der Waals surface area (Å²) >= 11 is 0. The zero-order valence-electron chi connectivity index (χ0n) is 9.82. The maximum Gasteiger partial charge on any atom is 0.240 e. The Morgan fingerprint density at radius 2 is 1.89 bits per heavy atom. The average molecular weight is 273 g/mol. The number of hydrogen-bond acceptors (Lipinski definition) is 3. The molecule has 0 spiro atoms. The first-order valence-electron chi connectivity index (χ1n) is 5.50. The van der Waals surface area contributed by atoms with Crippen LogP contribution in [-0.4, -0.2) is 20.8 Å². The Kier molecular flexibility index (Phi) is 5.24. The summed E-state index contributed by atoms with van der Waals surface area (Å²) in [5.41, 5.74) is 5.17. The number of rotatable bonds is 7. The molecule has 18 heavy (non-hydrogen) atoms. The fourth-order valence-corrected chi connectivity index (χ4v) is 2.42. The first-order valence-corrected chi connectivity index (χ1v) is 6.98. The van der Waals surface area contributed by atoms with E-state index in [0.717, 1.165) is 12.1 Å². The normalized spacial score (nSPS) is 11.4. The van der Waals surface area contributed by atoms with Crippen molar-refractivity contribution in [2.75, 3.05) is 6.54 Å². The highest BCUT2D eigenvalue weighted by Gasteiger charge is 2.12. The van der Waals surface area contributed by atoms with Gasteiger partial charge in [0.2, 0.25) is 10.0 Å². The molecule has 1 aromatic rings. The highest BCUT2D eigenvalue weighted by Crippen LogP contribution is 2.09. The molecule has 0 aliphatic rings. The van der Waals surface area contributed by atoms with E-state index >= 15 is 0 Å². The van der Waals surface area contributed by atoms with E-state index in [2.05, 4.69) is 4.72 Å². The van der Waals surface area contributed by atoms with Crippen molar-refractivity contribution in [3.63, 3.8) is 0 Å². The highest BCUT2D eigenvalue weighted by molar-refractivity contribution is 7.89. The van der Waals surface area contributed by atoms with Crippen molar-refractivity contribution in [3.8, 4) is 0 Å². The highest BCUT2D eigenvalue weighted by atomic mass is 32.2. The molecule has 0 saturated carbocycles. The van der Waals surface area contributed by atoms with Crippen LogP contribution in [0, 0.1) is 11.2 Å². The molecule has 0 fully saturated rings. The van der Waals surface area contributed by atoms with Crippen LogP contribution >= 0.6 is 0 Å². The first kappa shape index (κ1) is 14.6. The number of nitrogens with two attached hydrogens (primary N) is 1. The minimum Gasteiger partial charge on any atom is -0.388 e. The Hall–Kier alpha value is -1.47. The Morgan fingerprint density at radius 3 is 2.44 bits per heavy atom. The third-order valence-electron chi connectivity index (χ3n) is 2.29. The number of nitrogens with one attached hydrogen (secondary N) is 2. The number of sulfonamides is 1. The van der Waals surface area contributed by atoms with Gasteiger partial charge >= 0.3 is 0 Å². The van der Waals surface area contributed by atoms with Crippen LogP contribution in [0.15, 0.2) is 29.2 Å². The predicted octanol–water partition coefficient (Wildman–Crippen LogP) is 1.21. The second kappa shape index (κ2) is 6.46. The molecule has 0 amide bonds. The molecule has 0 aromatic heterocycles. The van der Waals surface area contributed by atoms with Crippen LogP contribution in [0.4, 0.5) is 4.39 Å². The van der Waals surface area contributed by atoms with Crippen molar-refractivity contribution in [1.29, 1.82) is 5.41 Å². The van der Waals surface area contributed by atoms with E-state index in [1.54, 1.807) is 0 Å². The van der Waals surface area contributed by atoms with Gasteiger partial charge in [0.05, 0.1) is 10.7 Å². The fraction of sp³-hybridized carbons (Fsp3) is 0.364. The Labute approximate surface area is 106 Å². The molecule has 5 nitrogen and oxygen atoms in total. The van der Waals surface area contributed by atoms with Crippen molar-refractivity contribution in [3.05, 3.63) is 30.1 Å². The number of benzene rings is 1. The summed E-state index contributed by atoms with van der Waals surface area (Å²) in [6.07, 6.45) is 1.71. The molecule has 0 heterocycles. The molecule has 7 heteroatoms. The second-order valence-corrected chi connectivity index (χ2v) is 5.60. The van der Waals surface area contributed by atoms with E-state index in [1.165, 1.54) is 12.1 Å². The summed E-state index contributed by atoms with van der Waals surface area (Å²) in [6, 6.07) is 4.63. The SMILES string of the molecule is N=C(N)CCCCNS(=O)(=O)c1ccc(F)cc1. The lowest BCUT2D eigenvalue weighted by Gasteiger charge is -2.06. The molecular formula is C11H16FN3O2S. The van der Waals surface area contributed by atoms with Crippen LogP contribution in [0.1, 0.15) is 19.3 Å². The molecule has 0 bridgehead atoms. The molecular weight excluding hydrogens is 257 g/mol. The van der Waals surface area contributed by atoms with Crippen molar-refractivity contribution in [2.45, 2.75) is 24.2 Å². The predicted molar refractivity (Wildman–Crippen MR) is 67.4 cm³/mol. The zero-order chi connectivity index (χ0) is 13.6. The molecule has 0 radical (unpaired) electrons. The van der Waals surface area contributed by atoms with Crippen molar-refractivity contribution < 1.29 is 12.8 Å². The maximum atomic E-state index is 12.7. The van der Waals surface area contributed by atoms with Crippen LogP contribution in [0.2, 0.25) is 0 Å². The maximum absolute atomic E-state index is 12.7. The third-order valence-corrected chi connectivity index (χ3v) is 3.77. The summed E-state index contributed by atoms with van der Waals surface area (Å²) in [6.45, 7) is 0.271. The number of hydrogen-bond donors (Lipinski definition) is 3. The quantitative estimate of drug-likeness (QED) is 0.396. The molecule has 1 rings (SSSR count). The minimum absolute atomic E-state index is 0.0375. The molecule has 100 valence electrons. The zero-order valence-corrected chi connectivity index (χ0v) is 10.6. The van der Waals surface area contributed by atoms with E-state index in [9.17, 15) is 12.8 Å². The van der Waals surface area contributed by atoms with E-state index < -0.39 is 15.8 Å². The monoisotopic (exact) mass is 273 g/mol. The summed E-state index contributed by atoms with van der Waals surface area (Å²) in [7, 11) is -3.58. The van der Waals surface area contributed by atoms with Gasteiger partial charge in [0.1, 0.15) is 5.82 Å². The first-order chi connectivity index (χ1) is 8.42. The fourth-order valence-electron chi connectivity index (χ4n) is 1.34. The number of halogens is 1. The number of amidine groups is 1. The lowest BCUT2D eigenvalue weighted by atomic mass is 10.2. The summed E-state index contributed by atoms with van der Waals surface area (Å²) in [4.78, 5) is 0.0375. The van der Waals surface area contributed by atoms with Gasteiger partial charge < -0.3 is 5.73 Å². The van der Waals surface area contributed by atoms with Gasteiger partial charge in [-0.25, -0.2) is 17.5 Å². The molecule has 0 unspecified atom stereocenters. The molecule has 1 aromatic carbocycles. The van der Waals surface area contributed by atoms with Gasteiger partial charge in [-0.3, -0.25) is 5.41 Å². The Balaban J connectivity index is 2.45. The van der Waals surface area contributed by atoms with Crippen molar-refractivity contribution in [2.24, 2.45) is 5.73 Å². The smallest absolute Gasteiger partial charge is 0.240 e. The van der Waals surface area contributed by atoms with Crippen molar-refractivity contribution in [1.82, 2.24) is 4.72 Å². The van der Waals surface area contributed by atoms with E-state index in [1.807, 2.05) is 0 Å². The Morgan fingerprint density at radius 1 is 1.28 bits per heavy atom. The standard InChI is InChI=1S/C11H16FN3O2S/c12-9-4-6-10(7-5-9)18(16,17)15-8-2-1-3-11(13)14/h4-7,15H,1-3,8H2,(H3,13,14). The van der Waals surface area contributed by atoms with E-state index in [-0.39, 0.29) is 17.3 Å². The lowest BCUT2D eigenvalue weighted by molar-refractivity contribution is 0.576. The summed E-state index contributed by atoms with van der Waals surface area (Å²) in [5, 5.41) is 7.01. The molecule has 0 atom stereocenters. The summed E-state index contributed by atoms with van der Waals surface area (Å²) < 4.78 is 38.5. The van der Waals surface area contributed by atoms with Gasteiger partial charge in [0, 0.05) is 13.0 Å². The molecule has 0 saturated heterocycles. The van der Waals surface area contributed by atoms with Crippen LogP contribution in [0.5, 0.6) is 0 Å². The van der Waals surface area contributed by atoms with Crippen molar-refractivity contribution >= 4 is 15.9 Å². The average Bonchev–Trinajstić information content (AvgIpc) is 2.28. The van der Waals surface area contributed by atoms with Gasteiger partial charge in [0.15, 0.2) is 0 Å². The van der Waals surface area contributed by atoms with E-state index in [0.29, 0.717) is 19.3 Å². The lowest BCUT2D eigenvalue weighted by Crippen LogP contribution is -2.25. The largest absolute Gasteiger partial charge is 0.388 e. The van der Waals surface area contributed by atoms with Crippen LogP contribution in [0.3, 0.4) is 0 Å². The van der Waals surface area contributed by atoms with Gasteiger partial charge in [-0.15, -0.1) is 0 Å². The van der Waals surface area contributed by atoms with E-state index in [4.69, 9.17) is 11.1 Å². The topological polar surface area (TPSA) is 96.0 Å². The van der Waals surface area contributed by atoms with Crippen LogP contribution in [-0.2, 0) is 10.0 Å². The van der Waals surface area contributed by atoms with Gasteiger partial charge in [-0.05, 0) is 37.1 Å². The minimum atomic E-state index is -3.58. The van der Waals surface area contributed by atoms with Gasteiger partial charge in [-0.1, -0.05) is 0 Å². The molecule has 0 aliphatic carbocycles. The Bertz CT molecular complexity index is 500.